The van der Waals surface area contributed by atoms with Crippen LogP contribution in [0.3, 0.4) is 0 Å². The second kappa shape index (κ2) is 8.37. The van der Waals surface area contributed by atoms with Gasteiger partial charge in [0.2, 0.25) is 10.0 Å². The Labute approximate surface area is 185 Å². The van der Waals surface area contributed by atoms with Gasteiger partial charge in [-0.25, -0.2) is 13.6 Å². The number of hydrogen-bond acceptors (Lipinski definition) is 5. The van der Waals surface area contributed by atoms with Crippen LogP contribution in [0.15, 0.2) is 77.8 Å². The van der Waals surface area contributed by atoms with E-state index in [0.29, 0.717) is 34.4 Å². The molecule has 32 heavy (non-hydrogen) atoms. The average molecular weight is 451 g/mol. The number of primary sulfonamides is 1. The van der Waals surface area contributed by atoms with Crippen LogP contribution in [0.1, 0.15) is 5.56 Å². The molecule has 4 rings (SSSR count). The fourth-order valence-corrected chi connectivity index (χ4v) is 4.32. The molecule has 9 heteroatoms. The Bertz CT molecular complexity index is 1430. The second-order valence-corrected chi connectivity index (χ2v) is 8.81. The summed E-state index contributed by atoms with van der Waals surface area (Å²) in [5, 5.41) is 24.9. The third-order valence-electron chi connectivity index (χ3n) is 5.11. The van der Waals surface area contributed by atoms with E-state index in [-0.39, 0.29) is 23.2 Å². The molecule has 0 amide bonds. The topological polar surface area (TPSA) is 144 Å². The van der Waals surface area contributed by atoms with Gasteiger partial charge in [-0.2, -0.15) is 0 Å². The van der Waals surface area contributed by atoms with Gasteiger partial charge in [-0.1, -0.05) is 36.4 Å². The van der Waals surface area contributed by atoms with E-state index >= 15 is 0 Å². The molecule has 0 spiro atoms. The predicted molar refractivity (Wildman–Crippen MR) is 123 cm³/mol. The molecule has 0 fully saturated rings. The fourth-order valence-electron chi connectivity index (χ4n) is 3.56. The lowest BCUT2D eigenvalue weighted by molar-refractivity contribution is 0.288. The molecule has 6 N–H and O–H groups in total. The van der Waals surface area contributed by atoms with E-state index in [9.17, 15) is 13.5 Å². The minimum atomic E-state index is -3.88. The van der Waals surface area contributed by atoms with E-state index in [2.05, 4.69) is 0 Å². The lowest BCUT2D eigenvalue weighted by atomic mass is 10.0. The number of nitrogen functional groups attached to an aromatic ring is 1. The van der Waals surface area contributed by atoms with Crippen LogP contribution in [-0.4, -0.2) is 30.5 Å². The number of amidine groups is 1. The van der Waals surface area contributed by atoms with Crippen molar-refractivity contribution < 1.29 is 18.3 Å². The predicted octanol–water partition coefficient (Wildman–Crippen LogP) is 3.02. The summed E-state index contributed by atoms with van der Waals surface area (Å²) in [6.07, 6.45) is 1.78. The van der Waals surface area contributed by atoms with Gasteiger partial charge in [0.1, 0.15) is 18.2 Å². The van der Waals surface area contributed by atoms with Crippen LogP contribution in [0, 0.1) is 5.41 Å². The Hall–Kier alpha value is -3.82. The minimum absolute atomic E-state index is 0.0374. The number of fused-ring (bicyclic) bond motifs is 1. The van der Waals surface area contributed by atoms with Crippen molar-refractivity contribution in [1.82, 2.24) is 4.57 Å². The van der Waals surface area contributed by atoms with E-state index in [0.717, 1.165) is 5.39 Å². The molecular formula is C23H22N4O4S. The van der Waals surface area contributed by atoms with Gasteiger partial charge in [0.15, 0.2) is 5.88 Å². The number of benzene rings is 3. The number of hydrogen-bond donors (Lipinski definition) is 4. The first-order valence-corrected chi connectivity index (χ1v) is 11.3. The SMILES string of the molecule is N=C(N)c1cccc(OCCn2cc3cc(-c4ccccc4S(N)(=O)=O)ccc3c2O)c1. The highest BCUT2D eigenvalue weighted by atomic mass is 32.2. The van der Waals surface area contributed by atoms with Gasteiger partial charge in [0, 0.05) is 28.1 Å². The monoisotopic (exact) mass is 450 g/mol. The number of nitrogens with two attached hydrogens (primary N) is 2. The van der Waals surface area contributed by atoms with E-state index < -0.39 is 10.0 Å². The third kappa shape index (κ3) is 4.29. The summed E-state index contributed by atoms with van der Waals surface area (Å²) < 4.78 is 31.3. The number of ether oxygens (including phenoxy) is 1. The van der Waals surface area contributed by atoms with Crippen LogP contribution in [0.2, 0.25) is 0 Å². The second-order valence-electron chi connectivity index (χ2n) is 7.28. The summed E-state index contributed by atoms with van der Waals surface area (Å²) in [7, 11) is -3.88. The van der Waals surface area contributed by atoms with Crippen molar-refractivity contribution in [3.8, 4) is 22.8 Å². The molecule has 0 radical (unpaired) electrons. The van der Waals surface area contributed by atoms with Gasteiger partial charge < -0.3 is 20.1 Å². The van der Waals surface area contributed by atoms with Crippen molar-refractivity contribution >= 4 is 26.6 Å². The van der Waals surface area contributed by atoms with Crippen LogP contribution in [0.4, 0.5) is 0 Å². The molecule has 4 aromatic rings. The number of aromatic hydroxyl groups is 1. The van der Waals surface area contributed by atoms with Crippen LogP contribution in [0.25, 0.3) is 21.9 Å². The van der Waals surface area contributed by atoms with Crippen LogP contribution < -0.4 is 15.6 Å². The zero-order chi connectivity index (χ0) is 22.9. The maximum atomic E-state index is 11.9. The molecular weight excluding hydrogens is 428 g/mol. The average Bonchev–Trinajstić information content (AvgIpc) is 3.08. The number of nitrogens with one attached hydrogen (secondary N) is 1. The molecule has 0 aliphatic rings. The van der Waals surface area contributed by atoms with Crippen molar-refractivity contribution in [1.29, 1.82) is 5.41 Å². The van der Waals surface area contributed by atoms with Crippen molar-refractivity contribution in [3.63, 3.8) is 0 Å². The maximum Gasteiger partial charge on any atom is 0.238 e. The lowest BCUT2D eigenvalue weighted by Crippen LogP contribution is -2.13. The Morgan fingerprint density at radius 3 is 2.59 bits per heavy atom. The first kappa shape index (κ1) is 21.4. The third-order valence-corrected chi connectivity index (χ3v) is 6.08. The molecule has 0 saturated carbocycles. The first-order chi connectivity index (χ1) is 15.2. The molecule has 1 aromatic heterocycles. The van der Waals surface area contributed by atoms with E-state index in [1.165, 1.54) is 6.07 Å². The summed E-state index contributed by atoms with van der Waals surface area (Å²) in [6.45, 7) is 0.672. The summed E-state index contributed by atoms with van der Waals surface area (Å²) in [5.41, 5.74) is 7.25. The zero-order valence-corrected chi connectivity index (χ0v) is 17.8. The minimum Gasteiger partial charge on any atom is -0.494 e. The summed E-state index contributed by atoms with van der Waals surface area (Å²) in [5.74, 6) is 0.632. The number of sulfonamides is 1. The van der Waals surface area contributed by atoms with E-state index in [1.54, 1.807) is 65.4 Å². The molecule has 0 aliphatic heterocycles. The summed E-state index contributed by atoms with van der Waals surface area (Å²) >= 11 is 0. The molecule has 164 valence electrons. The molecule has 8 nitrogen and oxygen atoms in total. The van der Waals surface area contributed by atoms with Crippen molar-refractivity contribution in [2.75, 3.05) is 6.61 Å². The molecule has 0 unspecified atom stereocenters. The quantitative estimate of drug-likeness (QED) is 0.253. The molecule has 1 heterocycles. The van der Waals surface area contributed by atoms with Gasteiger partial charge in [-0.3, -0.25) is 5.41 Å². The Balaban J connectivity index is 1.58. The highest BCUT2D eigenvalue weighted by Gasteiger charge is 2.16. The van der Waals surface area contributed by atoms with Gasteiger partial charge in [-0.05, 0) is 35.9 Å². The normalized spacial score (nSPS) is 11.5. The molecule has 0 atom stereocenters. The Morgan fingerprint density at radius 2 is 1.84 bits per heavy atom. The largest absolute Gasteiger partial charge is 0.494 e. The molecule has 0 saturated heterocycles. The summed E-state index contributed by atoms with van der Waals surface area (Å²) in [4.78, 5) is 0.0456. The Kier molecular flexibility index (Phi) is 5.60. The van der Waals surface area contributed by atoms with E-state index in [4.69, 9.17) is 21.0 Å². The number of nitrogens with zero attached hydrogens (tertiary/aromatic N) is 1. The zero-order valence-electron chi connectivity index (χ0n) is 17.0. The smallest absolute Gasteiger partial charge is 0.238 e. The summed E-state index contributed by atoms with van der Waals surface area (Å²) in [6, 6.07) is 18.8. The van der Waals surface area contributed by atoms with Crippen LogP contribution >= 0.6 is 0 Å². The van der Waals surface area contributed by atoms with Gasteiger partial charge in [0.05, 0.1) is 11.4 Å². The number of aromatic nitrogens is 1. The van der Waals surface area contributed by atoms with Crippen molar-refractivity contribution in [2.45, 2.75) is 11.4 Å². The van der Waals surface area contributed by atoms with E-state index in [1.807, 2.05) is 6.07 Å². The van der Waals surface area contributed by atoms with Crippen LogP contribution in [-0.2, 0) is 16.6 Å². The first-order valence-electron chi connectivity index (χ1n) is 9.75. The molecule has 0 bridgehead atoms. The standard InChI is InChI=1S/C23H22N4O4S/c24-22(25)16-4-3-5-18(13-16)31-11-10-27-14-17-12-15(8-9-20(17)23(27)28)19-6-1-2-7-21(19)32(26,29)30/h1-9,12-14,28H,10-11H2,(H3,24,25)(H2,26,29,30). The lowest BCUT2D eigenvalue weighted by Gasteiger charge is -2.09. The maximum absolute atomic E-state index is 11.9. The fraction of sp³-hybridized carbons (Fsp3) is 0.0870. The Morgan fingerprint density at radius 1 is 1.06 bits per heavy atom. The van der Waals surface area contributed by atoms with Gasteiger partial charge in [0.25, 0.3) is 0 Å². The van der Waals surface area contributed by atoms with Crippen LogP contribution in [0.5, 0.6) is 11.6 Å². The molecule has 0 aliphatic carbocycles. The van der Waals surface area contributed by atoms with Crippen molar-refractivity contribution in [3.05, 3.63) is 78.5 Å². The van der Waals surface area contributed by atoms with Crippen molar-refractivity contribution in [2.24, 2.45) is 10.9 Å². The molecule has 3 aromatic carbocycles. The highest BCUT2D eigenvalue weighted by Crippen LogP contribution is 2.33. The van der Waals surface area contributed by atoms with Gasteiger partial charge in [-0.15, -0.1) is 0 Å². The highest BCUT2D eigenvalue weighted by molar-refractivity contribution is 7.89. The number of rotatable bonds is 7. The van der Waals surface area contributed by atoms with Gasteiger partial charge >= 0.3 is 0 Å².